The van der Waals surface area contributed by atoms with Crippen molar-refractivity contribution in [3.05, 3.63) is 22.7 Å². The normalized spacial score (nSPS) is 38.1. The average Bonchev–Trinajstić information content (AvgIpc) is 2.95. The number of anilines is 1. The number of aliphatic hydroxyl groups excluding tert-OH is 2. The molecule has 10 nitrogen and oxygen atoms in total. The summed E-state index contributed by atoms with van der Waals surface area (Å²) in [6, 6.07) is 1.14. The van der Waals surface area contributed by atoms with E-state index < -0.39 is 30.2 Å². The van der Waals surface area contributed by atoms with E-state index >= 15 is 0 Å². The van der Waals surface area contributed by atoms with E-state index in [-0.39, 0.29) is 24.4 Å². The Morgan fingerprint density at radius 3 is 2.70 bits per heavy atom. The number of nitrogen functional groups attached to an aromatic ring is 1. The van der Waals surface area contributed by atoms with E-state index in [1.807, 2.05) is 0 Å². The molecule has 2 bridgehead atoms. The molecule has 5 rings (SSSR count). The SMILES string of the molecule is Nc1ccn([C@@H]2O[C@H](COC(=O)C3CC4CCN3CC4)[C@@H](O)[C@@H]2O)c(=O)n1. The van der Waals surface area contributed by atoms with Crippen LogP contribution in [0.15, 0.2) is 17.1 Å². The molecule has 0 spiro atoms. The van der Waals surface area contributed by atoms with Gasteiger partial charge in [0.05, 0.1) is 0 Å². The number of esters is 1. The van der Waals surface area contributed by atoms with Crippen molar-refractivity contribution in [2.45, 2.75) is 49.8 Å². The van der Waals surface area contributed by atoms with Crippen molar-refractivity contribution in [3.8, 4) is 0 Å². The zero-order chi connectivity index (χ0) is 19.1. The molecule has 10 heteroatoms. The van der Waals surface area contributed by atoms with E-state index in [9.17, 15) is 19.8 Å². The van der Waals surface area contributed by atoms with Crippen molar-refractivity contribution in [2.24, 2.45) is 5.92 Å². The number of carbonyl (C=O) groups excluding carboxylic acids is 1. The Morgan fingerprint density at radius 2 is 2.07 bits per heavy atom. The Labute approximate surface area is 155 Å². The largest absolute Gasteiger partial charge is 0.462 e. The third-order valence-corrected chi connectivity index (χ3v) is 5.77. The zero-order valence-electron chi connectivity index (χ0n) is 14.8. The van der Waals surface area contributed by atoms with Crippen LogP contribution in [0.3, 0.4) is 0 Å². The molecule has 1 aromatic heterocycles. The summed E-state index contributed by atoms with van der Waals surface area (Å²) in [7, 11) is 0. The number of piperidine rings is 3. The smallest absolute Gasteiger partial charge is 0.351 e. The van der Waals surface area contributed by atoms with E-state index in [0.29, 0.717) is 5.92 Å². The van der Waals surface area contributed by atoms with Gasteiger partial charge in [0.2, 0.25) is 0 Å². The Morgan fingerprint density at radius 1 is 1.33 bits per heavy atom. The van der Waals surface area contributed by atoms with Crippen molar-refractivity contribution in [2.75, 3.05) is 25.4 Å². The van der Waals surface area contributed by atoms with Crippen molar-refractivity contribution in [1.29, 1.82) is 0 Å². The highest BCUT2D eigenvalue weighted by atomic mass is 16.6. The lowest BCUT2D eigenvalue weighted by Gasteiger charge is -2.43. The van der Waals surface area contributed by atoms with Gasteiger partial charge in [-0.05, 0) is 44.3 Å². The first kappa shape index (κ1) is 18.4. The highest BCUT2D eigenvalue weighted by Crippen LogP contribution is 2.33. The molecular weight excluding hydrogens is 356 g/mol. The molecule has 0 aromatic carbocycles. The number of fused-ring (bicyclic) bond motifs is 3. The maximum absolute atomic E-state index is 12.4. The van der Waals surface area contributed by atoms with Crippen LogP contribution < -0.4 is 11.4 Å². The molecule has 4 aliphatic heterocycles. The van der Waals surface area contributed by atoms with Crippen molar-refractivity contribution >= 4 is 11.8 Å². The van der Waals surface area contributed by atoms with Gasteiger partial charge in [-0.25, -0.2) is 4.79 Å². The fraction of sp³-hybridized carbons (Fsp3) is 0.706. The molecule has 4 aliphatic rings. The fourth-order valence-electron chi connectivity index (χ4n) is 4.19. The van der Waals surface area contributed by atoms with E-state index in [1.54, 1.807) is 0 Å². The second kappa shape index (κ2) is 7.19. The first-order valence-electron chi connectivity index (χ1n) is 9.21. The van der Waals surface area contributed by atoms with Gasteiger partial charge < -0.3 is 25.4 Å². The summed E-state index contributed by atoms with van der Waals surface area (Å²) in [5.74, 6) is 0.281. The summed E-state index contributed by atoms with van der Waals surface area (Å²) < 4.78 is 12.0. The average molecular weight is 380 g/mol. The van der Waals surface area contributed by atoms with Crippen LogP contribution in [0.1, 0.15) is 25.5 Å². The van der Waals surface area contributed by atoms with Crippen molar-refractivity contribution < 1.29 is 24.5 Å². The minimum atomic E-state index is -1.36. The summed E-state index contributed by atoms with van der Waals surface area (Å²) in [6.45, 7) is 1.61. The second-order valence-electron chi connectivity index (χ2n) is 7.45. The molecule has 0 radical (unpaired) electrons. The molecule has 4 N–H and O–H groups in total. The molecule has 4 saturated heterocycles. The standard InChI is InChI=1S/C17H24N4O6/c18-12-3-6-21(17(25)19-12)15-14(23)13(22)11(27-15)8-26-16(24)10-7-9-1-4-20(10)5-2-9/h3,6,9-11,13-15,22-23H,1-2,4-5,7-8H2,(H2,18,19,25)/t10?,11-,13-,14+,15-/m1/s1. The molecule has 148 valence electrons. The Hall–Kier alpha value is -2.01. The number of aromatic nitrogens is 2. The number of ether oxygens (including phenoxy) is 2. The number of hydrogen-bond donors (Lipinski definition) is 3. The molecule has 5 atom stereocenters. The van der Waals surface area contributed by atoms with E-state index in [4.69, 9.17) is 15.2 Å². The summed E-state index contributed by atoms with van der Waals surface area (Å²) in [5, 5.41) is 20.5. The van der Waals surface area contributed by atoms with E-state index in [1.165, 1.54) is 12.3 Å². The number of nitrogens with zero attached hydrogens (tertiary/aromatic N) is 3. The van der Waals surface area contributed by atoms with Gasteiger partial charge in [0.15, 0.2) is 6.23 Å². The van der Waals surface area contributed by atoms with Crippen molar-refractivity contribution in [1.82, 2.24) is 14.5 Å². The Kier molecular flexibility index (Phi) is 4.89. The molecule has 0 amide bonds. The quantitative estimate of drug-likeness (QED) is 0.531. The van der Waals surface area contributed by atoms with Gasteiger partial charge in [-0.3, -0.25) is 14.3 Å². The molecule has 4 fully saturated rings. The highest BCUT2D eigenvalue weighted by Gasteiger charge is 2.45. The molecule has 0 aliphatic carbocycles. The number of hydrogen-bond acceptors (Lipinski definition) is 9. The van der Waals surface area contributed by atoms with Gasteiger partial charge in [-0.2, -0.15) is 4.98 Å². The predicted molar refractivity (Wildman–Crippen MR) is 92.5 cm³/mol. The molecule has 1 unspecified atom stereocenters. The van der Waals surface area contributed by atoms with Gasteiger partial charge in [-0.15, -0.1) is 0 Å². The van der Waals surface area contributed by atoms with Crippen LogP contribution in [-0.4, -0.2) is 74.7 Å². The third-order valence-electron chi connectivity index (χ3n) is 5.77. The Balaban J connectivity index is 1.38. The molecule has 1 aromatic rings. The van der Waals surface area contributed by atoms with Gasteiger partial charge in [0.1, 0.15) is 36.8 Å². The van der Waals surface area contributed by atoms with Gasteiger partial charge in [0.25, 0.3) is 0 Å². The minimum Gasteiger partial charge on any atom is -0.462 e. The molecule has 5 heterocycles. The molecule has 0 saturated carbocycles. The number of nitrogens with two attached hydrogens (primary N) is 1. The van der Waals surface area contributed by atoms with Crippen molar-refractivity contribution in [3.63, 3.8) is 0 Å². The van der Waals surface area contributed by atoms with Crippen LogP contribution in [0.5, 0.6) is 0 Å². The van der Waals surface area contributed by atoms with E-state index in [0.717, 1.165) is 36.9 Å². The van der Waals surface area contributed by atoms with Gasteiger partial charge in [0, 0.05) is 6.20 Å². The second-order valence-corrected chi connectivity index (χ2v) is 7.45. The predicted octanol–water partition coefficient (Wildman–Crippen LogP) is -1.53. The van der Waals surface area contributed by atoms with Gasteiger partial charge in [-0.1, -0.05) is 0 Å². The number of rotatable bonds is 4. The topological polar surface area (TPSA) is 140 Å². The summed E-state index contributed by atoms with van der Waals surface area (Å²) >= 11 is 0. The lowest BCUT2D eigenvalue weighted by molar-refractivity contribution is -0.160. The summed E-state index contributed by atoms with van der Waals surface area (Å²) in [5.41, 5.74) is 4.76. The van der Waals surface area contributed by atoms with Crippen LogP contribution in [0, 0.1) is 5.92 Å². The lowest BCUT2D eigenvalue weighted by atomic mass is 9.83. The first-order valence-corrected chi connectivity index (χ1v) is 9.21. The maximum Gasteiger partial charge on any atom is 0.351 e. The Bertz CT molecular complexity index is 762. The van der Waals surface area contributed by atoms with E-state index in [2.05, 4.69) is 9.88 Å². The highest BCUT2D eigenvalue weighted by molar-refractivity contribution is 5.76. The van der Waals surface area contributed by atoms with Crippen LogP contribution in [0.4, 0.5) is 5.82 Å². The molecular formula is C17H24N4O6. The van der Waals surface area contributed by atoms with Crippen LogP contribution >= 0.6 is 0 Å². The zero-order valence-corrected chi connectivity index (χ0v) is 14.8. The van der Waals surface area contributed by atoms with Crippen LogP contribution in [0.2, 0.25) is 0 Å². The first-order chi connectivity index (χ1) is 12.9. The van der Waals surface area contributed by atoms with Gasteiger partial charge >= 0.3 is 11.7 Å². The molecule has 27 heavy (non-hydrogen) atoms. The maximum atomic E-state index is 12.4. The van der Waals surface area contributed by atoms with Crippen LogP contribution in [-0.2, 0) is 14.3 Å². The van der Waals surface area contributed by atoms with Crippen LogP contribution in [0.25, 0.3) is 0 Å². The fourth-order valence-corrected chi connectivity index (χ4v) is 4.19. The number of carbonyl (C=O) groups is 1. The monoisotopic (exact) mass is 380 g/mol. The lowest BCUT2D eigenvalue weighted by Crippen LogP contribution is -2.53. The summed E-state index contributed by atoms with van der Waals surface area (Å²) in [6.07, 6.45) is -0.343. The minimum absolute atomic E-state index is 0.0477. The number of aliphatic hydroxyl groups is 2. The summed E-state index contributed by atoms with van der Waals surface area (Å²) in [4.78, 5) is 30.1. The third kappa shape index (κ3) is 3.45.